The predicted molar refractivity (Wildman–Crippen MR) is 74.7 cm³/mol. The summed E-state index contributed by atoms with van der Waals surface area (Å²) in [5, 5.41) is 5.60. The maximum absolute atomic E-state index is 4.38. The normalized spacial score (nSPS) is 12.5. The SMILES string of the molecule is CNC(c1cnccn1)c1cncc2ccccc12. The number of nitrogens with one attached hydrogen (secondary N) is 1. The van der Waals surface area contributed by atoms with E-state index in [1.54, 1.807) is 18.6 Å². The molecule has 2 heterocycles. The molecular formula is C15H14N4. The monoisotopic (exact) mass is 250 g/mol. The van der Waals surface area contributed by atoms with Gasteiger partial charge in [0.05, 0.1) is 17.9 Å². The molecule has 4 heteroatoms. The van der Waals surface area contributed by atoms with Crippen LogP contribution in [0.1, 0.15) is 17.3 Å². The van der Waals surface area contributed by atoms with E-state index in [1.807, 2.05) is 31.6 Å². The Morgan fingerprint density at radius 3 is 2.68 bits per heavy atom. The minimum absolute atomic E-state index is 0.00713. The standard InChI is InChI=1S/C15H14N4/c1-16-15(14-10-17-6-7-19-14)13-9-18-8-11-4-2-3-5-12(11)13/h2-10,15-16H,1H3. The number of hydrogen-bond acceptors (Lipinski definition) is 4. The zero-order chi connectivity index (χ0) is 13.1. The molecule has 4 nitrogen and oxygen atoms in total. The smallest absolute Gasteiger partial charge is 0.0802 e. The molecule has 0 aliphatic carbocycles. The highest BCUT2D eigenvalue weighted by Gasteiger charge is 2.16. The molecule has 0 radical (unpaired) electrons. The second kappa shape index (κ2) is 5.12. The van der Waals surface area contributed by atoms with Crippen LogP contribution in [0.3, 0.4) is 0 Å². The van der Waals surface area contributed by atoms with Crippen LogP contribution in [-0.2, 0) is 0 Å². The van der Waals surface area contributed by atoms with E-state index >= 15 is 0 Å². The predicted octanol–water partition coefficient (Wildman–Crippen LogP) is 2.33. The van der Waals surface area contributed by atoms with Gasteiger partial charge in [-0.1, -0.05) is 24.3 Å². The van der Waals surface area contributed by atoms with Crippen molar-refractivity contribution in [2.75, 3.05) is 7.05 Å². The lowest BCUT2D eigenvalue weighted by molar-refractivity contribution is 0.669. The summed E-state index contributed by atoms with van der Waals surface area (Å²) in [6, 6.07) is 8.22. The van der Waals surface area contributed by atoms with Gasteiger partial charge >= 0.3 is 0 Å². The Morgan fingerprint density at radius 2 is 1.89 bits per heavy atom. The molecule has 0 fully saturated rings. The van der Waals surface area contributed by atoms with Gasteiger partial charge in [-0.05, 0) is 12.4 Å². The first-order chi connectivity index (χ1) is 9.40. The Hall–Kier alpha value is -2.33. The van der Waals surface area contributed by atoms with Gasteiger partial charge in [-0.15, -0.1) is 0 Å². The quantitative estimate of drug-likeness (QED) is 0.775. The summed E-state index contributed by atoms with van der Waals surface area (Å²) in [5.74, 6) is 0. The Labute approximate surface area is 111 Å². The van der Waals surface area contributed by atoms with E-state index in [2.05, 4.69) is 32.4 Å². The molecule has 0 saturated heterocycles. The van der Waals surface area contributed by atoms with E-state index in [0.717, 1.165) is 16.6 Å². The summed E-state index contributed by atoms with van der Waals surface area (Å²) in [4.78, 5) is 12.8. The third kappa shape index (κ3) is 2.18. The number of aromatic nitrogens is 3. The molecule has 0 bridgehead atoms. The minimum Gasteiger partial charge on any atom is -0.308 e. The summed E-state index contributed by atoms with van der Waals surface area (Å²) in [5.41, 5.74) is 2.00. The van der Waals surface area contributed by atoms with Crippen molar-refractivity contribution in [1.29, 1.82) is 0 Å². The molecule has 3 aromatic rings. The average molecular weight is 250 g/mol. The van der Waals surface area contributed by atoms with Crippen LogP contribution in [0, 0.1) is 0 Å². The fraction of sp³-hybridized carbons (Fsp3) is 0.133. The summed E-state index contributed by atoms with van der Waals surface area (Å²) < 4.78 is 0. The molecule has 0 amide bonds. The maximum atomic E-state index is 4.38. The van der Waals surface area contributed by atoms with Crippen molar-refractivity contribution in [3.63, 3.8) is 0 Å². The van der Waals surface area contributed by atoms with Crippen LogP contribution in [0.5, 0.6) is 0 Å². The van der Waals surface area contributed by atoms with Gasteiger partial charge < -0.3 is 5.32 Å². The molecule has 1 unspecified atom stereocenters. The van der Waals surface area contributed by atoms with Crippen LogP contribution < -0.4 is 5.32 Å². The summed E-state index contributed by atoms with van der Waals surface area (Å²) in [6.07, 6.45) is 8.93. The van der Waals surface area contributed by atoms with Gasteiger partial charge in [0.1, 0.15) is 0 Å². The van der Waals surface area contributed by atoms with Crippen molar-refractivity contribution in [1.82, 2.24) is 20.3 Å². The topological polar surface area (TPSA) is 50.7 Å². The van der Waals surface area contributed by atoms with Crippen LogP contribution in [-0.4, -0.2) is 22.0 Å². The average Bonchev–Trinajstić information content (AvgIpc) is 2.49. The highest BCUT2D eigenvalue weighted by atomic mass is 14.9. The fourth-order valence-electron chi connectivity index (χ4n) is 2.29. The molecule has 1 aromatic carbocycles. The van der Waals surface area contributed by atoms with Crippen molar-refractivity contribution in [2.45, 2.75) is 6.04 Å². The Morgan fingerprint density at radius 1 is 1.00 bits per heavy atom. The lowest BCUT2D eigenvalue weighted by Gasteiger charge is -2.17. The van der Waals surface area contributed by atoms with Crippen molar-refractivity contribution in [3.05, 3.63) is 66.5 Å². The molecule has 1 N–H and O–H groups in total. The lowest BCUT2D eigenvalue weighted by Crippen LogP contribution is -2.19. The molecule has 94 valence electrons. The summed E-state index contributed by atoms with van der Waals surface area (Å²) in [6.45, 7) is 0. The second-order valence-corrected chi connectivity index (χ2v) is 4.30. The lowest BCUT2D eigenvalue weighted by atomic mass is 10.00. The van der Waals surface area contributed by atoms with Gasteiger partial charge in [-0.3, -0.25) is 15.0 Å². The molecule has 3 rings (SSSR count). The zero-order valence-electron chi connectivity index (χ0n) is 10.6. The number of nitrogens with zero attached hydrogens (tertiary/aromatic N) is 3. The fourth-order valence-corrected chi connectivity index (χ4v) is 2.29. The van der Waals surface area contributed by atoms with Gasteiger partial charge in [0.2, 0.25) is 0 Å². The van der Waals surface area contributed by atoms with E-state index in [4.69, 9.17) is 0 Å². The van der Waals surface area contributed by atoms with E-state index in [-0.39, 0.29) is 6.04 Å². The van der Waals surface area contributed by atoms with Crippen LogP contribution >= 0.6 is 0 Å². The van der Waals surface area contributed by atoms with Crippen molar-refractivity contribution in [3.8, 4) is 0 Å². The maximum Gasteiger partial charge on any atom is 0.0802 e. The van der Waals surface area contributed by atoms with Crippen LogP contribution in [0.15, 0.2) is 55.2 Å². The number of rotatable bonds is 3. The molecule has 0 aliphatic heterocycles. The molecular weight excluding hydrogens is 236 g/mol. The van der Waals surface area contributed by atoms with Crippen molar-refractivity contribution >= 4 is 10.8 Å². The first kappa shape index (κ1) is 11.7. The highest BCUT2D eigenvalue weighted by Crippen LogP contribution is 2.26. The molecule has 19 heavy (non-hydrogen) atoms. The molecule has 2 aromatic heterocycles. The van der Waals surface area contributed by atoms with E-state index in [9.17, 15) is 0 Å². The molecule has 1 atom stereocenters. The molecule has 0 aliphatic rings. The Kier molecular flexibility index (Phi) is 3.16. The van der Waals surface area contributed by atoms with Gasteiger partial charge in [-0.2, -0.15) is 0 Å². The number of pyridine rings is 1. The van der Waals surface area contributed by atoms with Gasteiger partial charge in [0, 0.05) is 35.7 Å². The van der Waals surface area contributed by atoms with Crippen LogP contribution in [0.2, 0.25) is 0 Å². The number of fused-ring (bicyclic) bond motifs is 1. The highest BCUT2D eigenvalue weighted by molar-refractivity contribution is 5.85. The first-order valence-electron chi connectivity index (χ1n) is 6.16. The molecule has 0 spiro atoms. The number of hydrogen-bond donors (Lipinski definition) is 1. The molecule has 0 saturated carbocycles. The van der Waals surface area contributed by atoms with Crippen molar-refractivity contribution < 1.29 is 0 Å². The Balaban J connectivity index is 2.17. The largest absolute Gasteiger partial charge is 0.308 e. The van der Waals surface area contributed by atoms with E-state index in [0.29, 0.717) is 0 Å². The summed E-state index contributed by atoms with van der Waals surface area (Å²) >= 11 is 0. The van der Waals surface area contributed by atoms with E-state index in [1.165, 1.54) is 5.39 Å². The van der Waals surface area contributed by atoms with Crippen molar-refractivity contribution in [2.24, 2.45) is 0 Å². The number of benzene rings is 1. The van der Waals surface area contributed by atoms with Gasteiger partial charge in [-0.25, -0.2) is 0 Å². The van der Waals surface area contributed by atoms with E-state index < -0.39 is 0 Å². The summed E-state index contributed by atoms with van der Waals surface area (Å²) in [7, 11) is 1.92. The zero-order valence-corrected chi connectivity index (χ0v) is 10.6. The van der Waals surface area contributed by atoms with Gasteiger partial charge in [0.15, 0.2) is 0 Å². The third-order valence-corrected chi connectivity index (χ3v) is 3.18. The Bertz CT molecular complexity index is 677. The van der Waals surface area contributed by atoms with Gasteiger partial charge in [0.25, 0.3) is 0 Å². The minimum atomic E-state index is -0.00713. The van der Waals surface area contributed by atoms with Crippen LogP contribution in [0.4, 0.5) is 0 Å². The first-order valence-corrected chi connectivity index (χ1v) is 6.16. The third-order valence-electron chi connectivity index (χ3n) is 3.18. The van der Waals surface area contributed by atoms with Crippen LogP contribution in [0.25, 0.3) is 10.8 Å². The second-order valence-electron chi connectivity index (χ2n) is 4.30.